The van der Waals surface area contributed by atoms with E-state index < -0.39 is 23.5 Å². The molecular formula is C26H21N3O4. The molecule has 1 amide bonds. The van der Waals surface area contributed by atoms with Crippen LogP contribution in [0.3, 0.4) is 0 Å². The molecule has 1 N–H and O–H groups in total. The zero-order valence-electron chi connectivity index (χ0n) is 18.1. The van der Waals surface area contributed by atoms with Gasteiger partial charge in [0.05, 0.1) is 11.3 Å². The number of Topliss-reactive ketones (excluding diaryl/α,β-unsaturated/α-hetero) is 1. The van der Waals surface area contributed by atoms with E-state index in [1.165, 1.54) is 4.90 Å². The molecule has 0 spiro atoms. The Hall–Kier alpha value is -4.39. The van der Waals surface area contributed by atoms with Crippen LogP contribution in [0.1, 0.15) is 22.3 Å². The van der Waals surface area contributed by atoms with E-state index in [4.69, 9.17) is 4.42 Å². The molecule has 1 atom stereocenters. The third-order valence-electron chi connectivity index (χ3n) is 5.71. The Labute approximate surface area is 190 Å². The van der Waals surface area contributed by atoms with Gasteiger partial charge in [-0.2, -0.15) is 0 Å². The third kappa shape index (κ3) is 3.43. The number of pyridine rings is 1. The maximum atomic E-state index is 13.6. The molecular weight excluding hydrogens is 418 g/mol. The van der Waals surface area contributed by atoms with Gasteiger partial charge in [-0.15, -0.1) is 0 Å². The van der Waals surface area contributed by atoms with Crippen LogP contribution in [-0.2, 0) is 4.79 Å². The molecule has 164 valence electrons. The van der Waals surface area contributed by atoms with Gasteiger partial charge in [0.2, 0.25) is 5.78 Å². The predicted octanol–water partition coefficient (Wildman–Crippen LogP) is 4.68. The predicted molar refractivity (Wildman–Crippen MR) is 125 cm³/mol. The lowest BCUT2D eigenvalue weighted by atomic mass is 9.98. The number of carbonyl (C=O) groups is 2. The van der Waals surface area contributed by atoms with Crippen molar-refractivity contribution in [1.29, 1.82) is 0 Å². The summed E-state index contributed by atoms with van der Waals surface area (Å²) in [4.78, 5) is 34.5. The summed E-state index contributed by atoms with van der Waals surface area (Å²) in [7, 11) is 3.84. The standard InChI is InChI=1S/C26H21N3O4/c1-28(2)17-10-12-18(13-11-17)29-23(19-8-5-6-14-27-19)22(25(31)26(29)32)24(30)21-15-16-7-3-4-9-20(16)33-21/h3-15,23,31H,1-2H3. The molecule has 0 bridgehead atoms. The van der Waals surface area contributed by atoms with Gasteiger partial charge in [0.1, 0.15) is 11.6 Å². The SMILES string of the molecule is CN(C)c1ccc(N2C(=O)C(O)=C(C(=O)c3cc4ccccc4o3)C2c2ccccn2)cc1. The van der Waals surface area contributed by atoms with Crippen molar-refractivity contribution >= 4 is 34.0 Å². The summed E-state index contributed by atoms with van der Waals surface area (Å²) in [6, 6.07) is 20.5. The van der Waals surface area contributed by atoms with Gasteiger partial charge in [0.25, 0.3) is 5.91 Å². The molecule has 1 unspecified atom stereocenters. The first-order chi connectivity index (χ1) is 16.0. The van der Waals surface area contributed by atoms with Gasteiger partial charge in [-0.3, -0.25) is 19.5 Å². The van der Waals surface area contributed by atoms with Crippen molar-refractivity contribution in [1.82, 2.24) is 4.98 Å². The van der Waals surface area contributed by atoms with E-state index in [2.05, 4.69) is 4.98 Å². The number of hydrogen-bond acceptors (Lipinski definition) is 6. The van der Waals surface area contributed by atoms with Crippen LogP contribution in [0.15, 0.2) is 94.7 Å². The second kappa shape index (κ2) is 7.94. The van der Waals surface area contributed by atoms with E-state index >= 15 is 0 Å². The number of rotatable bonds is 5. The number of aromatic nitrogens is 1. The number of aliphatic hydroxyl groups excluding tert-OH is 1. The van der Waals surface area contributed by atoms with Crippen LogP contribution in [0.25, 0.3) is 11.0 Å². The minimum atomic E-state index is -0.899. The molecule has 0 radical (unpaired) electrons. The average molecular weight is 439 g/mol. The van der Waals surface area contributed by atoms with Crippen molar-refractivity contribution in [2.75, 3.05) is 23.9 Å². The van der Waals surface area contributed by atoms with Crippen LogP contribution >= 0.6 is 0 Å². The highest BCUT2D eigenvalue weighted by molar-refractivity contribution is 6.20. The quantitative estimate of drug-likeness (QED) is 0.455. The van der Waals surface area contributed by atoms with Gasteiger partial charge in [-0.25, -0.2) is 0 Å². The molecule has 2 aromatic carbocycles. The van der Waals surface area contributed by atoms with Crippen molar-refractivity contribution < 1.29 is 19.1 Å². The summed E-state index contributed by atoms with van der Waals surface area (Å²) in [5, 5.41) is 11.6. The number of carbonyl (C=O) groups excluding carboxylic acids is 2. The summed E-state index contributed by atoms with van der Waals surface area (Å²) in [6.07, 6.45) is 1.59. The van der Waals surface area contributed by atoms with E-state index in [1.807, 2.05) is 49.3 Å². The molecule has 2 aromatic heterocycles. The monoisotopic (exact) mass is 439 g/mol. The Bertz CT molecular complexity index is 1360. The zero-order valence-corrected chi connectivity index (χ0v) is 18.1. The second-order valence-corrected chi connectivity index (χ2v) is 7.98. The van der Waals surface area contributed by atoms with Crippen molar-refractivity contribution in [2.45, 2.75) is 6.04 Å². The molecule has 0 fully saturated rings. The van der Waals surface area contributed by atoms with E-state index in [0.29, 0.717) is 17.0 Å². The molecule has 1 aliphatic rings. The third-order valence-corrected chi connectivity index (χ3v) is 5.71. The Kier molecular flexibility index (Phi) is 4.94. The molecule has 7 nitrogen and oxygen atoms in total. The smallest absolute Gasteiger partial charge is 0.294 e. The number of para-hydroxylation sites is 1. The molecule has 0 aliphatic carbocycles. The second-order valence-electron chi connectivity index (χ2n) is 7.98. The lowest BCUT2D eigenvalue weighted by molar-refractivity contribution is -0.117. The van der Waals surface area contributed by atoms with Gasteiger partial charge in [0, 0.05) is 37.1 Å². The lowest BCUT2D eigenvalue weighted by Crippen LogP contribution is -2.31. The maximum absolute atomic E-state index is 13.6. The lowest BCUT2D eigenvalue weighted by Gasteiger charge is -2.26. The van der Waals surface area contributed by atoms with Crippen LogP contribution in [0.4, 0.5) is 11.4 Å². The van der Waals surface area contributed by atoms with Crippen molar-refractivity contribution in [2.24, 2.45) is 0 Å². The van der Waals surface area contributed by atoms with Crippen LogP contribution < -0.4 is 9.80 Å². The van der Waals surface area contributed by atoms with Crippen LogP contribution in [-0.4, -0.2) is 35.9 Å². The summed E-state index contributed by atoms with van der Waals surface area (Å²) in [6.45, 7) is 0. The first-order valence-electron chi connectivity index (χ1n) is 10.4. The summed E-state index contributed by atoms with van der Waals surface area (Å²) >= 11 is 0. The zero-order chi connectivity index (χ0) is 23.1. The molecule has 1 aliphatic heterocycles. The fraction of sp³-hybridized carbons (Fsp3) is 0.115. The molecule has 0 saturated carbocycles. The fourth-order valence-electron chi connectivity index (χ4n) is 4.06. The van der Waals surface area contributed by atoms with Crippen LogP contribution in [0, 0.1) is 0 Å². The molecule has 0 saturated heterocycles. The highest BCUT2D eigenvalue weighted by Crippen LogP contribution is 2.42. The van der Waals surface area contributed by atoms with Gasteiger partial charge < -0.3 is 14.4 Å². The highest BCUT2D eigenvalue weighted by atomic mass is 16.3. The summed E-state index contributed by atoms with van der Waals surface area (Å²) < 4.78 is 5.74. The molecule has 7 heteroatoms. The van der Waals surface area contributed by atoms with Gasteiger partial charge >= 0.3 is 0 Å². The summed E-state index contributed by atoms with van der Waals surface area (Å²) in [5.74, 6) is -1.77. The van der Waals surface area contributed by atoms with E-state index in [-0.39, 0.29) is 11.3 Å². The normalized spacial score (nSPS) is 16.0. The number of furan rings is 1. The number of amides is 1. The van der Waals surface area contributed by atoms with Gasteiger partial charge in [0.15, 0.2) is 11.5 Å². The minimum Gasteiger partial charge on any atom is -0.503 e. The molecule has 33 heavy (non-hydrogen) atoms. The van der Waals surface area contributed by atoms with Crippen molar-refractivity contribution in [3.8, 4) is 0 Å². The van der Waals surface area contributed by atoms with Crippen LogP contribution in [0.5, 0.6) is 0 Å². The van der Waals surface area contributed by atoms with E-state index in [0.717, 1.165) is 11.1 Å². The fourth-order valence-corrected chi connectivity index (χ4v) is 4.06. The number of ketones is 1. The van der Waals surface area contributed by atoms with Gasteiger partial charge in [-0.05, 0) is 48.5 Å². The maximum Gasteiger partial charge on any atom is 0.294 e. The molecule has 3 heterocycles. The summed E-state index contributed by atoms with van der Waals surface area (Å²) in [5.41, 5.74) is 2.45. The number of benzene rings is 2. The van der Waals surface area contributed by atoms with E-state index in [1.54, 1.807) is 48.7 Å². The number of fused-ring (bicyclic) bond motifs is 1. The molecule has 4 aromatic rings. The molecule has 5 rings (SSSR count). The van der Waals surface area contributed by atoms with Crippen molar-refractivity contribution in [3.05, 3.63) is 102 Å². The average Bonchev–Trinajstić information content (AvgIpc) is 3.38. The number of hydrogen-bond donors (Lipinski definition) is 1. The topological polar surface area (TPSA) is 86.9 Å². The first kappa shape index (κ1) is 20.5. The van der Waals surface area contributed by atoms with Gasteiger partial charge in [-0.1, -0.05) is 24.3 Å². The van der Waals surface area contributed by atoms with E-state index in [9.17, 15) is 14.7 Å². The Balaban J connectivity index is 1.62. The largest absolute Gasteiger partial charge is 0.503 e. The van der Waals surface area contributed by atoms with Crippen molar-refractivity contribution in [3.63, 3.8) is 0 Å². The minimum absolute atomic E-state index is 0.0521. The van der Waals surface area contributed by atoms with Crippen LogP contribution in [0.2, 0.25) is 0 Å². The first-order valence-corrected chi connectivity index (χ1v) is 10.4. The highest BCUT2D eigenvalue weighted by Gasteiger charge is 2.46. The Morgan fingerprint density at radius 2 is 1.76 bits per heavy atom. The number of nitrogens with zero attached hydrogens (tertiary/aromatic N) is 3. The Morgan fingerprint density at radius 1 is 1.03 bits per heavy atom. The number of anilines is 2. The Morgan fingerprint density at radius 3 is 2.42 bits per heavy atom. The number of aliphatic hydroxyl groups is 1.